The van der Waals surface area contributed by atoms with Crippen molar-refractivity contribution < 1.29 is 0 Å². The molecule has 0 radical (unpaired) electrons. The molecule has 5 nitrogen and oxygen atoms in total. The molecule has 102 valence electrons. The summed E-state index contributed by atoms with van der Waals surface area (Å²) in [6.45, 7) is 3.75. The van der Waals surface area contributed by atoms with E-state index in [0.717, 1.165) is 11.4 Å². The average Bonchev–Trinajstić information content (AvgIpc) is 2.93. The van der Waals surface area contributed by atoms with Crippen molar-refractivity contribution in [3.63, 3.8) is 0 Å². The van der Waals surface area contributed by atoms with Crippen LogP contribution in [0.1, 0.15) is 11.4 Å². The van der Waals surface area contributed by atoms with Crippen molar-refractivity contribution in [3.8, 4) is 16.9 Å². The summed E-state index contributed by atoms with van der Waals surface area (Å²) in [5.41, 5.74) is 3.44. The van der Waals surface area contributed by atoms with E-state index < -0.39 is 0 Å². The Bertz CT molecular complexity index is 828. The molecule has 0 aliphatic rings. The molecule has 0 aliphatic carbocycles. The highest BCUT2D eigenvalue weighted by molar-refractivity contribution is 6.30. The number of hydrogen-bond acceptors (Lipinski definition) is 2. The highest BCUT2D eigenvalue weighted by atomic mass is 35.5. The minimum absolute atomic E-state index is 0.142. The average molecular weight is 289 g/mol. The predicted molar refractivity (Wildman–Crippen MR) is 78.5 cm³/mol. The van der Waals surface area contributed by atoms with E-state index in [1.54, 1.807) is 18.2 Å². The Morgan fingerprint density at radius 2 is 2.05 bits per heavy atom. The largest absolute Gasteiger partial charge is 0.295 e. The lowest BCUT2D eigenvalue weighted by atomic mass is 10.2. The molecule has 0 saturated heterocycles. The normalized spacial score (nSPS) is 10.9. The van der Waals surface area contributed by atoms with Crippen LogP contribution in [0.4, 0.5) is 0 Å². The van der Waals surface area contributed by atoms with Crippen molar-refractivity contribution in [1.82, 2.24) is 20.0 Å². The molecule has 0 bridgehead atoms. The molecular formula is C14H13ClN4O. The monoisotopic (exact) mass is 288 g/mol. The number of nitrogens with zero attached hydrogens (tertiary/aromatic N) is 2. The Labute approximate surface area is 120 Å². The second-order valence-electron chi connectivity index (χ2n) is 4.67. The van der Waals surface area contributed by atoms with Crippen molar-refractivity contribution in [1.29, 1.82) is 0 Å². The van der Waals surface area contributed by atoms with E-state index in [1.165, 1.54) is 4.68 Å². The number of rotatable bonds is 2. The summed E-state index contributed by atoms with van der Waals surface area (Å²) in [4.78, 5) is 12.5. The number of aryl methyl sites for hydroxylation is 2. The fourth-order valence-corrected chi connectivity index (χ4v) is 2.38. The molecule has 0 aliphatic heterocycles. The molecule has 0 saturated carbocycles. The molecule has 2 N–H and O–H groups in total. The Hall–Kier alpha value is -2.27. The second kappa shape index (κ2) is 4.68. The Balaban J connectivity index is 2.19. The number of aromatic amines is 2. The molecule has 20 heavy (non-hydrogen) atoms. The van der Waals surface area contributed by atoms with Crippen molar-refractivity contribution in [2.75, 3.05) is 0 Å². The van der Waals surface area contributed by atoms with Gasteiger partial charge in [-0.05, 0) is 38.1 Å². The van der Waals surface area contributed by atoms with Crippen LogP contribution in [-0.2, 0) is 0 Å². The molecule has 2 aromatic heterocycles. The Morgan fingerprint density at radius 1 is 1.25 bits per heavy atom. The Kier molecular flexibility index (Phi) is 2.99. The first kappa shape index (κ1) is 12.7. The van der Waals surface area contributed by atoms with E-state index in [4.69, 9.17) is 11.6 Å². The second-order valence-corrected chi connectivity index (χ2v) is 5.10. The van der Waals surface area contributed by atoms with Gasteiger partial charge in [-0.15, -0.1) is 0 Å². The molecule has 0 amide bonds. The van der Waals surface area contributed by atoms with Crippen LogP contribution in [0.3, 0.4) is 0 Å². The molecule has 0 fully saturated rings. The van der Waals surface area contributed by atoms with Gasteiger partial charge < -0.3 is 0 Å². The summed E-state index contributed by atoms with van der Waals surface area (Å²) in [6, 6.07) is 8.98. The van der Waals surface area contributed by atoms with Crippen LogP contribution in [-0.4, -0.2) is 20.0 Å². The summed E-state index contributed by atoms with van der Waals surface area (Å²) in [5, 5.41) is 10.6. The highest BCUT2D eigenvalue weighted by Crippen LogP contribution is 2.19. The van der Waals surface area contributed by atoms with Gasteiger partial charge >= 0.3 is 0 Å². The zero-order valence-electron chi connectivity index (χ0n) is 11.1. The molecule has 1 aromatic carbocycles. The molecule has 0 atom stereocenters. The van der Waals surface area contributed by atoms with Gasteiger partial charge in [-0.25, -0.2) is 4.68 Å². The Morgan fingerprint density at radius 3 is 2.70 bits per heavy atom. The third-order valence-electron chi connectivity index (χ3n) is 3.10. The lowest BCUT2D eigenvalue weighted by Crippen LogP contribution is -2.15. The van der Waals surface area contributed by atoms with Crippen LogP contribution < -0.4 is 5.56 Å². The van der Waals surface area contributed by atoms with Gasteiger partial charge in [-0.1, -0.05) is 17.7 Å². The number of nitrogens with one attached hydrogen (secondary N) is 2. The summed E-state index contributed by atoms with van der Waals surface area (Å²) >= 11 is 5.97. The van der Waals surface area contributed by atoms with Gasteiger partial charge in [0.2, 0.25) is 0 Å². The van der Waals surface area contributed by atoms with E-state index >= 15 is 0 Å². The molecule has 6 heteroatoms. The van der Waals surface area contributed by atoms with E-state index in [1.807, 2.05) is 26.0 Å². The summed E-state index contributed by atoms with van der Waals surface area (Å²) in [5.74, 6) is 0. The molecule has 2 heterocycles. The minimum Gasteiger partial charge on any atom is -0.295 e. The smallest absolute Gasteiger partial charge is 0.281 e. The topological polar surface area (TPSA) is 66.5 Å². The standard InChI is InChI=1S/C14H13ClN4O/c1-8-6-12(17-16-8)13-9(2)18-19(14(13)20)11-5-3-4-10(15)7-11/h3-7,18H,1-2H3,(H,16,17). The zero-order chi connectivity index (χ0) is 14.3. The first-order valence-corrected chi connectivity index (χ1v) is 6.54. The lowest BCUT2D eigenvalue weighted by molar-refractivity contribution is 0.835. The van der Waals surface area contributed by atoms with E-state index in [-0.39, 0.29) is 5.56 Å². The number of benzene rings is 1. The van der Waals surface area contributed by atoms with Gasteiger partial charge in [-0.2, -0.15) is 5.10 Å². The van der Waals surface area contributed by atoms with Gasteiger partial charge in [0.25, 0.3) is 5.56 Å². The fourth-order valence-electron chi connectivity index (χ4n) is 2.19. The van der Waals surface area contributed by atoms with Crippen LogP contribution in [0.15, 0.2) is 35.1 Å². The summed E-state index contributed by atoms with van der Waals surface area (Å²) < 4.78 is 1.47. The third kappa shape index (κ3) is 2.06. The van der Waals surface area contributed by atoms with Crippen molar-refractivity contribution in [3.05, 3.63) is 57.1 Å². The third-order valence-corrected chi connectivity index (χ3v) is 3.34. The maximum absolute atomic E-state index is 12.5. The number of hydrogen-bond donors (Lipinski definition) is 2. The van der Waals surface area contributed by atoms with Crippen molar-refractivity contribution in [2.24, 2.45) is 0 Å². The van der Waals surface area contributed by atoms with Crippen LogP contribution in [0, 0.1) is 13.8 Å². The minimum atomic E-state index is -0.142. The van der Waals surface area contributed by atoms with Gasteiger partial charge in [0.05, 0.1) is 16.9 Å². The van der Waals surface area contributed by atoms with Crippen molar-refractivity contribution >= 4 is 11.6 Å². The predicted octanol–water partition coefficient (Wildman–Crippen LogP) is 2.83. The van der Waals surface area contributed by atoms with Gasteiger partial charge in [-0.3, -0.25) is 15.0 Å². The lowest BCUT2D eigenvalue weighted by Gasteiger charge is -2.01. The van der Waals surface area contributed by atoms with E-state index in [2.05, 4.69) is 15.3 Å². The zero-order valence-corrected chi connectivity index (χ0v) is 11.8. The SMILES string of the molecule is Cc1cc(-c2c(C)[nH]n(-c3cccc(Cl)c3)c2=O)n[nH]1. The quantitative estimate of drug-likeness (QED) is 0.761. The maximum atomic E-state index is 12.5. The highest BCUT2D eigenvalue weighted by Gasteiger charge is 2.16. The van der Waals surface area contributed by atoms with Gasteiger partial charge in [0, 0.05) is 16.4 Å². The number of H-pyrrole nitrogens is 2. The van der Waals surface area contributed by atoms with Crippen LogP contribution >= 0.6 is 11.6 Å². The maximum Gasteiger partial charge on any atom is 0.281 e. The molecule has 0 spiro atoms. The van der Waals surface area contributed by atoms with E-state index in [9.17, 15) is 4.79 Å². The summed E-state index contributed by atoms with van der Waals surface area (Å²) in [7, 11) is 0. The molecular weight excluding hydrogens is 276 g/mol. The number of aromatic nitrogens is 4. The first-order chi connectivity index (χ1) is 9.56. The molecule has 3 aromatic rings. The van der Waals surface area contributed by atoms with E-state index in [0.29, 0.717) is 22.0 Å². The van der Waals surface area contributed by atoms with Crippen molar-refractivity contribution in [2.45, 2.75) is 13.8 Å². The first-order valence-electron chi connectivity index (χ1n) is 6.16. The van der Waals surface area contributed by atoms with Gasteiger partial charge in [0.15, 0.2) is 0 Å². The fraction of sp³-hybridized carbons (Fsp3) is 0.143. The summed E-state index contributed by atoms with van der Waals surface area (Å²) in [6.07, 6.45) is 0. The van der Waals surface area contributed by atoms with Crippen LogP contribution in [0.2, 0.25) is 5.02 Å². The van der Waals surface area contributed by atoms with Crippen LogP contribution in [0.5, 0.6) is 0 Å². The van der Waals surface area contributed by atoms with Crippen LogP contribution in [0.25, 0.3) is 16.9 Å². The molecule has 0 unspecified atom stereocenters. The molecule has 3 rings (SSSR count). The van der Waals surface area contributed by atoms with Gasteiger partial charge in [0.1, 0.15) is 0 Å². The number of halogens is 1.